The Labute approximate surface area is 130 Å². The van der Waals surface area contributed by atoms with E-state index in [1.807, 2.05) is 0 Å². The first-order valence-corrected chi connectivity index (χ1v) is 7.78. The zero-order chi connectivity index (χ0) is 15.7. The predicted octanol–water partition coefficient (Wildman–Crippen LogP) is -0.00640. The second-order valence-corrected chi connectivity index (χ2v) is 5.80. The van der Waals surface area contributed by atoms with Gasteiger partial charge in [0.2, 0.25) is 0 Å². The summed E-state index contributed by atoms with van der Waals surface area (Å²) in [6.07, 6.45) is -0.243. The second-order valence-electron chi connectivity index (χ2n) is 5.18. The SMILES string of the molecule is Nc1nscc1C(=O)N1CCCn2nc([C@@H](O)CO)cc2C1. The summed E-state index contributed by atoms with van der Waals surface area (Å²) in [6, 6.07) is 1.72. The summed E-state index contributed by atoms with van der Waals surface area (Å²) < 4.78 is 5.71. The molecule has 0 saturated heterocycles. The van der Waals surface area contributed by atoms with Crippen LogP contribution in [0.4, 0.5) is 5.82 Å². The van der Waals surface area contributed by atoms with Crippen molar-refractivity contribution in [3.05, 3.63) is 28.4 Å². The second kappa shape index (κ2) is 6.03. The van der Waals surface area contributed by atoms with E-state index in [0.29, 0.717) is 30.9 Å². The summed E-state index contributed by atoms with van der Waals surface area (Å²) in [4.78, 5) is 14.2. The third-order valence-corrected chi connectivity index (χ3v) is 4.31. The summed E-state index contributed by atoms with van der Waals surface area (Å²) >= 11 is 1.16. The van der Waals surface area contributed by atoms with Crippen LogP contribution in [-0.2, 0) is 13.1 Å². The molecule has 118 valence electrons. The Bertz CT molecular complexity index is 683. The van der Waals surface area contributed by atoms with Crippen LogP contribution in [0.2, 0.25) is 0 Å². The van der Waals surface area contributed by atoms with Crippen LogP contribution in [0.25, 0.3) is 0 Å². The molecule has 4 N–H and O–H groups in total. The molecule has 0 bridgehead atoms. The van der Waals surface area contributed by atoms with E-state index in [4.69, 9.17) is 10.8 Å². The highest BCUT2D eigenvalue weighted by Gasteiger charge is 2.24. The van der Waals surface area contributed by atoms with Crippen molar-refractivity contribution in [3.8, 4) is 0 Å². The van der Waals surface area contributed by atoms with E-state index >= 15 is 0 Å². The van der Waals surface area contributed by atoms with Gasteiger partial charge in [0.25, 0.3) is 5.91 Å². The lowest BCUT2D eigenvalue weighted by atomic mass is 10.2. The molecule has 1 atom stereocenters. The highest BCUT2D eigenvalue weighted by molar-refractivity contribution is 7.04. The van der Waals surface area contributed by atoms with Crippen LogP contribution in [0.1, 0.15) is 34.3 Å². The molecule has 9 heteroatoms. The molecule has 1 amide bonds. The zero-order valence-corrected chi connectivity index (χ0v) is 12.7. The van der Waals surface area contributed by atoms with Crippen LogP contribution in [0.3, 0.4) is 0 Å². The fraction of sp³-hybridized carbons (Fsp3) is 0.462. The first-order chi connectivity index (χ1) is 10.6. The molecule has 0 aromatic carbocycles. The maximum Gasteiger partial charge on any atom is 0.258 e. The number of hydrogen-bond donors (Lipinski definition) is 3. The van der Waals surface area contributed by atoms with Crippen molar-refractivity contribution in [2.45, 2.75) is 25.6 Å². The lowest BCUT2D eigenvalue weighted by Crippen LogP contribution is -2.31. The lowest BCUT2D eigenvalue weighted by molar-refractivity contribution is 0.0747. The van der Waals surface area contributed by atoms with Crippen LogP contribution in [0.15, 0.2) is 11.4 Å². The molecule has 3 heterocycles. The van der Waals surface area contributed by atoms with Gasteiger partial charge in [-0.1, -0.05) is 0 Å². The average molecular weight is 323 g/mol. The number of aliphatic hydroxyl groups excluding tert-OH is 2. The maximum absolute atomic E-state index is 12.5. The highest BCUT2D eigenvalue weighted by Crippen LogP contribution is 2.21. The van der Waals surface area contributed by atoms with Crippen molar-refractivity contribution >= 4 is 23.3 Å². The van der Waals surface area contributed by atoms with Gasteiger partial charge in [-0.05, 0) is 24.0 Å². The summed E-state index contributed by atoms with van der Waals surface area (Å²) in [7, 11) is 0. The van der Waals surface area contributed by atoms with Gasteiger partial charge in [0.1, 0.15) is 11.9 Å². The number of aromatic nitrogens is 3. The number of nitrogens with two attached hydrogens (primary N) is 1. The number of carbonyl (C=O) groups excluding carboxylic acids is 1. The van der Waals surface area contributed by atoms with Crippen molar-refractivity contribution in [3.63, 3.8) is 0 Å². The fourth-order valence-corrected chi connectivity index (χ4v) is 3.08. The predicted molar refractivity (Wildman–Crippen MR) is 80.2 cm³/mol. The van der Waals surface area contributed by atoms with Gasteiger partial charge in [0.15, 0.2) is 0 Å². The molecule has 1 aliphatic rings. The molecule has 0 spiro atoms. The Morgan fingerprint density at radius 2 is 2.32 bits per heavy atom. The third kappa shape index (κ3) is 2.70. The molecule has 22 heavy (non-hydrogen) atoms. The Hall–Kier alpha value is -1.97. The number of aryl methyl sites for hydroxylation is 1. The molecule has 0 fully saturated rings. The molecular formula is C13H17N5O3S. The minimum atomic E-state index is -1.000. The van der Waals surface area contributed by atoms with E-state index in [1.54, 1.807) is 21.0 Å². The van der Waals surface area contributed by atoms with Crippen LogP contribution < -0.4 is 5.73 Å². The smallest absolute Gasteiger partial charge is 0.258 e. The minimum Gasteiger partial charge on any atom is -0.393 e. The van der Waals surface area contributed by atoms with E-state index in [1.165, 1.54) is 0 Å². The average Bonchev–Trinajstić information content (AvgIpc) is 3.06. The third-order valence-electron chi connectivity index (χ3n) is 3.66. The van der Waals surface area contributed by atoms with Gasteiger partial charge >= 0.3 is 0 Å². The molecule has 2 aromatic heterocycles. The van der Waals surface area contributed by atoms with Crippen LogP contribution in [0.5, 0.6) is 0 Å². The molecule has 0 aliphatic carbocycles. The lowest BCUT2D eigenvalue weighted by Gasteiger charge is -2.19. The van der Waals surface area contributed by atoms with E-state index < -0.39 is 6.10 Å². The van der Waals surface area contributed by atoms with Gasteiger partial charge < -0.3 is 20.8 Å². The normalized spacial score (nSPS) is 16.2. The van der Waals surface area contributed by atoms with Crippen molar-refractivity contribution in [2.75, 3.05) is 18.9 Å². The van der Waals surface area contributed by atoms with Gasteiger partial charge in [-0.15, -0.1) is 0 Å². The molecule has 0 radical (unpaired) electrons. The van der Waals surface area contributed by atoms with Gasteiger partial charge in [-0.3, -0.25) is 9.48 Å². The summed E-state index contributed by atoms with van der Waals surface area (Å²) in [5, 5.41) is 24.6. The number of amides is 1. The van der Waals surface area contributed by atoms with Crippen LogP contribution in [-0.4, -0.2) is 48.3 Å². The first-order valence-electron chi connectivity index (χ1n) is 6.95. The molecule has 0 saturated carbocycles. The molecule has 3 rings (SSSR count). The zero-order valence-electron chi connectivity index (χ0n) is 11.8. The number of carbonyl (C=O) groups is 1. The Morgan fingerprint density at radius 3 is 3.00 bits per heavy atom. The largest absolute Gasteiger partial charge is 0.393 e. The molecule has 2 aromatic rings. The van der Waals surface area contributed by atoms with E-state index in [-0.39, 0.29) is 18.3 Å². The molecule has 0 unspecified atom stereocenters. The number of fused-ring (bicyclic) bond motifs is 1. The Morgan fingerprint density at radius 1 is 1.50 bits per heavy atom. The van der Waals surface area contributed by atoms with Gasteiger partial charge in [0, 0.05) is 18.5 Å². The summed E-state index contributed by atoms with van der Waals surface area (Å²) in [5.41, 5.74) is 7.39. The van der Waals surface area contributed by atoms with Crippen LogP contribution >= 0.6 is 11.5 Å². The van der Waals surface area contributed by atoms with Crippen molar-refractivity contribution in [2.24, 2.45) is 0 Å². The van der Waals surface area contributed by atoms with E-state index in [0.717, 1.165) is 23.6 Å². The van der Waals surface area contributed by atoms with E-state index in [2.05, 4.69) is 9.47 Å². The van der Waals surface area contributed by atoms with E-state index in [9.17, 15) is 9.90 Å². The number of anilines is 1. The van der Waals surface area contributed by atoms with Gasteiger partial charge in [-0.25, -0.2) is 0 Å². The summed E-state index contributed by atoms with van der Waals surface area (Å²) in [5.74, 6) is 0.106. The number of hydrogen-bond acceptors (Lipinski definition) is 7. The number of aliphatic hydroxyl groups is 2. The molecule has 8 nitrogen and oxygen atoms in total. The number of nitrogen functional groups attached to an aromatic ring is 1. The van der Waals surface area contributed by atoms with Crippen molar-refractivity contribution < 1.29 is 15.0 Å². The highest BCUT2D eigenvalue weighted by atomic mass is 32.1. The quantitative estimate of drug-likeness (QED) is 0.731. The summed E-state index contributed by atoms with van der Waals surface area (Å²) in [6.45, 7) is 1.28. The Balaban J connectivity index is 1.83. The number of rotatable bonds is 3. The minimum absolute atomic E-state index is 0.148. The monoisotopic (exact) mass is 323 g/mol. The molecular weight excluding hydrogens is 306 g/mol. The van der Waals surface area contributed by atoms with Crippen LogP contribution in [0, 0.1) is 0 Å². The number of nitrogens with zero attached hydrogens (tertiary/aromatic N) is 4. The van der Waals surface area contributed by atoms with Gasteiger partial charge in [0.05, 0.1) is 30.1 Å². The Kier molecular flexibility index (Phi) is 4.10. The molecule has 1 aliphatic heterocycles. The van der Waals surface area contributed by atoms with Gasteiger partial charge in [-0.2, -0.15) is 9.47 Å². The van der Waals surface area contributed by atoms with Crippen molar-refractivity contribution in [1.82, 2.24) is 19.1 Å². The first kappa shape index (κ1) is 14.9. The maximum atomic E-state index is 12.5. The fourth-order valence-electron chi connectivity index (χ4n) is 2.49. The standard InChI is InChI=1S/C13H17N5O3S/c14-12-9(7-22-16-12)13(21)17-2-1-3-18-8(5-17)4-10(15-18)11(20)6-19/h4,7,11,19-20H,1-3,5-6H2,(H2,14,16)/t11-/m0/s1. The topological polar surface area (TPSA) is 118 Å². The van der Waals surface area contributed by atoms with Crippen molar-refractivity contribution in [1.29, 1.82) is 0 Å².